The summed E-state index contributed by atoms with van der Waals surface area (Å²) in [5.74, 6) is 0. The van der Waals surface area contributed by atoms with Crippen LogP contribution in [0.1, 0.15) is 12.8 Å². The van der Waals surface area contributed by atoms with Gasteiger partial charge in [0, 0.05) is 24.0 Å². The van der Waals surface area contributed by atoms with Crippen molar-refractivity contribution in [1.29, 1.82) is 0 Å². The highest BCUT2D eigenvalue weighted by molar-refractivity contribution is 7.98. The lowest BCUT2D eigenvalue weighted by atomic mass is 10.1. The van der Waals surface area contributed by atoms with Crippen LogP contribution in [0.5, 0.6) is 0 Å². The van der Waals surface area contributed by atoms with Gasteiger partial charge < -0.3 is 10.6 Å². The molecule has 3 heteroatoms. The molecule has 0 spiro atoms. The lowest BCUT2D eigenvalue weighted by Gasteiger charge is -2.33. The zero-order valence-electron chi connectivity index (χ0n) is 9.15. The Morgan fingerprint density at radius 1 is 1.27 bits per heavy atom. The van der Waals surface area contributed by atoms with Gasteiger partial charge in [-0.1, -0.05) is 12.1 Å². The van der Waals surface area contributed by atoms with Crippen molar-refractivity contribution >= 4 is 17.4 Å². The number of anilines is 1. The van der Waals surface area contributed by atoms with E-state index >= 15 is 0 Å². The number of hydrogen-bond acceptors (Lipinski definition) is 3. The standard InChI is InChI=1S/C12H18N2S/c1-15-12-5-3-2-4-11(12)14-8-6-10(13)7-9-14/h2-5,10H,6-9,13H2,1H3. The van der Waals surface area contributed by atoms with Crippen molar-refractivity contribution in [2.24, 2.45) is 5.73 Å². The Morgan fingerprint density at radius 3 is 2.60 bits per heavy atom. The second-order valence-corrected chi connectivity index (χ2v) is 4.84. The molecule has 1 aliphatic rings. The van der Waals surface area contributed by atoms with Crippen molar-refractivity contribution < 1.29 is 0 Å². The molecule has 1 aromatic rings. The third kappa shape index (κ3) is 2.47. The van der Waals surface area contributed by atoms with Crippen molar-refractivity contribution in [3.05, 3.63) is 24.3 Å². The van der Waals surface area contributed by atoms with E-state index in [1.165, 1.54) is 10.6 Å². The molecule has 0 amide bonds. The first-order valence-electron chi connectivity index (χ1n) is 5.45. The Bertz CT molecular complexity index is 319. The van der Waals surface area contributed by atoms with Crippen LogP contribution in [0.25, 0.3) is 0 Å². The SMILES string of the molecule is CSc1ccccc1N1CCC(N)CC1. The van der Waals surface area contributed by atoms with E-state index in [1.54, 1.807) is 0 Å². The Labute approximate surface area is 95.8 Å². The van der Waals surface area contributed by atoms with Crippen LogP contribution in [0, 0.1) is 0 Å². The monoisotopic (exact) mass is 222 g/mol. The maximum atomic E-state index is 5.91. The fourth-order valence-corrected chi connectivity index (χ4v) is 2.65. The van der Waals surface area contributed by atoms with Crippen molar-refractivity contribution in [3.63, 3.8) is 0 Å². The smallest absolute Gasteiger partial charge is 0.0504 e. The summed E-state index contributed by atoms with van der Waals surface area (Å²) in [6.07, 6.45) is 4.36. The van der Waals surface area contributed by atoms with Gasteiger partial charge in [0.1, 0.15) is 0 Å². The molecule has 0 unspecified atom stereocenters. The molecular formula is C12H18N2S. The Morgan fingerprint density at radius 2 is 1.93 bits per heavy atom. The number of thioether (sulfide) groups is 1. The summed E-state index contributed by atoms with van der Waals surface area (Å²) < 4.78 is 0. The minimum Gasteiger partial charge on any atom is -0.371 e. The van der Waals surface area contributed by atoms with Crippen LogP contribution in [0.2, 0.25) is 0 Å². The number of nitrogens with zero attached hydrogens (tertiary/aromatic N) is 1. The minimum atomic E-state index is 0.405. The molecule has 82 valence electrons. The van der Waals surface area contributed by atoms with E-state index in [-0.39, 0.29) is 0 Å². The Kier molecular flexibility index (Phi) is 3.54. The summed E-state index contributed by atoms with van der Waals surface area (Å²) in [5.41, 5.74) is 7.29. The second kappa shape index (κ2) is 4.90. The number of rotatable bonds is 2. The van der Waals surface area contributed by atoms with Crippen molar-refractivity contribution in [2.75, 3.05) is 24.2 Å². The van der Waals surface area contributed by atoms with Gasteiger partial charge >= 0.3 is 0 Å². The van der Waals surface area contributed by atoms with E-state index in [0.29, 0.717) is 6.04 Å². The molecule has 0 aliphatic carbocycles. The summed E-state index contributed by atoms with van der Waals surface area (Å²) in [6.45, 7) is 2.19. The van der Waals surface area contributed by atoms with E-state index in [9.17, 15) is 0 Å². The fourth-order valence-electron chi connectivity index (χ4n) is 2.03. The minimum absolute atomic E-state index is 0.405. The van der Waals surface area contributed by atoms with Gasteiger partial charge in [-0.2, -0.15) is 0 Å². The van der Waals surface area contributed by atoms with Crippen LogP contribution in [-0.2, 0) is 0 Å². The Balaban J connectivity index is 2.15. The van der Waals surface area contributed by atoms with Crippen LogP contribution in [0.4, 0.5) is 5.69 Å². The van der Waals surface area contributed by atoms with Crippen LogP contribution in [0.3, 0.4) is 0 Å². The Hall–Kier alpha value is -0.670. The number of benzene rings is 1. The van der Waals surface area contributed by atoms with Crippen LogP contribution < -0.4 is 10.6 Å². The molecular weight excluding hydrogens is 204 g/mol. The largest absolute Gasteiger partial charge is 0.371 e. The van der Waals surface area contributed by atoms with Gasteiger partial charge in [0.05, 0.1) is 5.69 Å². The lowest BCUT2D eigenvalue weighted by Crippen LogP contribution is -2.39. The lowest BCUT2D eigenvalue weighted by molar-refractivity contribution is 0.500. The molecule has 0 atom stereocenters. The number of para-hydroxylation sites is 1. The van der Waals surface area contributed by atoms with E-state index in [4.69, 9.17) is 5.73 Å². The van der Waals surface area contributed by atoms with Crippen molar-refractivity contribution in [3.8, 4) is 0 Å². The van der Waals surface area contributed by atoms with E-state index in [1.807, 2.05) is 11.8 Å². The predicted octanol–water partition coefficient (Wildman–Crippen LogP) is 2.34. The first kappa shape index (κ1) is 10.8. The van der Waals surface area contributed by atoms with Crippen molar-refractivity contribution in [1.82, 2.24) is 0 Å². The predicted molar refractivity (Wildman–Crippen MR) is 67.6 cm³/mol. The van der Waals surface area contributed by atoms with Crippen LogP contribution in [-0.4, -0.2) is 25.4 Å². The zero-order chi connectivity index (χ0) is 10.7. The third-order valence-electron chi connectivity index (χ3n) is 2.97. The molecule has 0 saturated carbocycles. The van der Waals surface area contributed by atoms with Crippen molar-refractivity contribution in [2.45, 2.75) is 23.8 Å². The molecule has 1 fully saturated rings. The highest BCUT2D eigenvalue weighted by atomic mass is 32.2. The first-order valence-corrected chi connectivity index (χ1v) is 6.67. The average molecular weight is 222 g/mol. The molecule has 1 aliphatic heterocycles. The second-order valence-electron chi connectivity index (χ2n) is 4.00. The summed E-state index contributed by atoms with van der Waals surface area (Å²) in [6, 6.07) is 9.02. The summed E-state index contributed by atoms with van der Waals surface area (Å²) in [4.78, 5) is 3.82. The number of hydrogen-bond donors (Lipinski definition) is 1. The van der Waals surface area contributed by atoms with E-state index < -0.39 is 0 Å². The van der Waals surface area contributed by atoms with E-state index in [0.717, 1.165) is 25.9 Å². The summed E-state index contributed by atoms with van der Waals surface area (Å²) in [7, 11) is 0. The van der Waals surface area contributed by atoms with Gasteiger partial charge in [0.2, 0.25) is 0 Å². The number of nitrogens with two attached hydrogens (primary N) is 1. The highest BCUT2D eigenvalue weighted by Crippen LogP contribution is 2.29. The molecule has 1 aromatic carbocycles. The molecule has 1 heterocycles. The zero-order valence-corrected chi connectivity index (χ0v) is 9.96. The fraction of sp³-hybridized carbons (Fsp3) is 0.500. The quantitative estimate of drug-likeness (QED) is 0.779. The normalized spacial score (nSPS) is 18.1. The molecule has 0 radical (unpaired) electrons. The topological polar surface area (TPSA) is 29.3 Å². The molecule has 15 heavy (non-hydrogen) atoms. The molecule has 2 rings (SSSR count). The van der Waals surface area contributed by atoms with Crippen LogP contribution in [0.15, 0.2) is 29.2 Å². The molecule has 0 aromatic heterocycles. The molecule has 0 bridgehead atoms. The highest BCUT2D eigenvalue weighted by Gasteiger charge is 2.17. The summed E-state index contributed by atoms with van der Waals surface area (Å²) >= 11 is 1.82. The van der Waals surface area contributed by atoms with Gasteiger partial charge in [0.15, 0.2) is 0 Å². The molecule has 2 nitrogen and oxygen atoms in total. The maximum Gasteiger partial charge on any atom is 0.0504 e. The maximum absolute atomic E-state index is 5.91. The van der Waals surface area contributed by atoms with Crippen LogP contribution >= 0.6 is 11.8 Å². The molecule has 2 N–H and O–H groups in total. The number of piperidine rings is 1. The van der Waals surface area contributed by atoms with Gasteiger partial charge in [-0.25, -0.2) is 0 Å². The average Bonchev–Trinajstić information content (AvgIpc) is 2.30. The third-order valence-corrected chi connectivity index (χ3v) is 3.75. The van der Waals surface area contributed by atoms with E-state index in [2.05, 4.69) is 35.4 Å². The van der Waals surface area contributed by atoms with Gasteiger partial charge in [0.25, 0.3) is 0 Å². The summed E-state index contributed by atoms with van der Waals surface area (Å²) in [5, 5.41) is 0. The van der Waals surface area contributed by atoms with Gasteiger partial charge in [-0.15, -0.1) is 11.8 Å². The van der Waals surface area contributed by atoms with Gasteiger partial charge in [-0.05, 0) is 31.2 Å². The first-order chi connectivity index (χ1) is 7.31. The van der Waals surface area contributed by atoms with Gasteiger partial charge in [-0.3, -0.25) is 0 Å². The molecule has 1 saturated heterocycles.